The van der Waals surface area contributed by atoms with E-state index in [0.29, 0.717) is 40.4 Å². The van der Waals surface area contributed by atoms with E-state index in [9.17, 15) is 13.6 Å². The Morgan fingerprint density at radius 1 is 1.11 bits per heavy atom. The molecule has 2 bridgehead atoms. The summed E-state index contributed by atoms with van der Waals surface area (Å²) in [6.45, 7) is 2.03. The molecule has 1 saturated heterocycles. The Bertz CT molecular complexity index is 1810. The van der Waals surface area contributed by atoms with Crippen molar-refractivity contribution in [2.75, 3.05) is 18.4 Å². The van der Waals surface area contributed by atoms with Gasteiger partial charge in [-0.1, -0.05) is 63.4 Å². The number of carbonyl (C=O) groups is 1. The number of hydrogen-bond acceptors (Lipinski definition) is 8. The molecule has 1 amide bonds. The number of piperazine rings is 1. The average molecular weight is 692 g/mol. The number of halogens is 5. The molecule has 1 aliphatic carbocycles. The van der Waals surface area contributed by atoms with Crippen LogP contribution in [-0.4, -0.2) is 52.2 Å². The maximum Gasteiger partial charge on any atom is 0.252 e. The fourth-order valence-electron chi connectivity index (χ4n) is 5.89. The van der Waals surface area contributed by atoms with Gasteiger partial charge in [0.25, 0.3) is 5.91 Å². The van der Waals surface area contributed by atoms with Crippen LogP contribution in [0, 0.1) is 11.6 Å². The monoisotopic (exact) mass is 690 g/mol. The maximum atomic E-state index is 14.4. The number of carbonyl (C=O) groups excluding carboxylic acids is 1. The number of amides is 1. The zero-order valence-electron chi connectivity index (χ0n) is 23.7. The predicted octanol–water partition coefficient (Wildman–Crippen LogP) is 6.93. The molecular weight excluding hydrogens is 665 g/mol. The lowest BCUT2D eigenvalue weighted by atomic mass is 9.86. The third kappa shape index (κ3) is 6.22. The van der Waals surface area contributed by atoms with E-state index in [2.05, 4.69) is 26.1 Å². The van der Waals surface area contributed by atoms with Gasteiger partial charge in [0.15, 0.2) is 10.9 Å². The smallest absolute Gasteiger partial charge is 0.252 e. The summed E-state index contributed by atoms with van der Waals surface area (Å²) in [5.74, 6) is -1.07. The fraction of sp³-hybridized carbons (Fsp3) is 0.323. The van der Waals surface area contributed by atoms with E-state index in [4.69, 9.17) is 39.3 Å². The second kappa shape index (κ2) is 12.6. The molecule has 2 aromatic heterocycles. The van der Waals surface area contributed by atoms with Gasteiger partial charge >= 0.3 is 0 Å². The number of rotatable bonds is 9. The first-order valence-electron chi connectivity index (χ1n) is 14.5. The minimum Gasteiger partial charge on any atom is -0.359 e. The first kappa shape index (κ1) is 30.6. The molecule has 0 radical (unpaired) electrons. The summed E-state index contributed by atoms with van der Waals surface area (Å²) in [6.07, 6.45) is 4.35. The van der Waals surface area contributed by atoms with Crippen LogP contribution in [0.1, 0.15) is 35.5 Å². The third-order valence-corrected chi connectivity index (χ3v) is 10.5. The van der Waals surface area contributed by atoms with Crippen LogP contribution >= 0.6 is 46.1 Å². The quantitative estimate of drug-likeness (QED) is 0.164. The van der Waals surface area contributed by atoms with Gasteiger partial charge < -0.3 is 25.4 Å². The van der Waals surface area contributed by atoms with E-state index in [1.54, 1.807) is 12.3 Å². The Balaban J connectivity index is 1.14. The summed E-state index contributed by atoms with van der Waals surface area (Å²) >= 11 is 20.2. The second-order valence-corrected chi connectivity index (χ2v) is 13.5. The van der Waals surface area contributed by atoms with Gasteiger partial charge in [-0.2, -0.15) is 0 Å². The lowest BCUT2D eigenvalue weighted by Gasteiger charge is -2.40. The van der Waals surface area contributed by atoms with Crippen LogP contribution in [0.5, 0.6) is 0 Å². The molecule has 45 heavy (non-hydrogen) atoms. The van der Waals surface area contributed by atoms with Crippen LogP contribution in [-0.2, 0) is 17.9 Å². The number of anilines is 1. The molecule has 234 valence electrons. The molecule has 7 rings (SSSR count). The Labute approximate surface area is 276 Å². The number of aromatic nitrogens is 2. The van der Waals surface area contributed by atoms with Crippen molar-refractivity contribution in [2.24, 2.45) is 0 Å². The summed E-state index contributed by atoms with van der Waals surface area (Å²) < 4.78 is 33.6. The minimum atomic E-state index is -0.746. The molecule has 0 spiro atoms. The van der Waals surface area contributed by atoms with Gasteiger partial charge in [0.1, 0.15) is 17.3 Å². The van der Waals surface area contributed by atoms with Gasteiger partial charge in [-0.25, -0.2) is 13.8 Å². The van der Waals surface area contributed by atoms with Gasteiger partial charge in [0, 0.05) is 49.6 Å². The molecule has 4 aromatic rings. The normalized spacial score (nSPS) is 19.6. The first-order valence-corrected chi connectivity index (χ1v) is 16.4. The van der Waals surface area contributed by atoms with Crippen molar-refractivity contribution >= 4 is 62.8 Å². The molecule has 14 heteroatoms. The molecule has 8 nitrogen and oxygen atoms in total. The van der Waals surface area contributed by atoms with Gasteiger partial charge in [0.05, 0.1) is 38.1 Å². The van der Waals surface area contributed by atoms with Crippen LogP contribution < -0.4 is 16.0 Å². The van der Waals surface area contributed by atoms with Crippen molar-refractivity contribution in [3.05, 3.63) is 91.1 Å². The molecule has 4 heterocycles. The van der Waals surface area contributed by atoms with Crippen molar-refractivity contribution in [1.82, 2.24) is 25.7 Å². The Kier molecular flexibility index (Phi) is 8.58. The first-order chi connectivity index (χ1) is 21.8. The highest BCUT2D eigenvalue weighted by atomic mass is 35.5. The molecule has 2 atom stereocenters. The molecule has 1 saturated carbocycles. The lowest BCUT2D eigenvalue weighted by molar-refractivity contribution is -0.128. The molecule has 2 aliphatic heterocycles. The molecule has 2 fully saturated rings. The highest BCUT2D eigenvalue weighted by Crippen LogP contribution is 2.40. The van der Waals surface area contributed by atoms with Crippen molar-refractivity contribution < 1.29 is 18.1 Å². The van der Waals surface area contributed by atoms with Crippen molar-refractivity contribution in [3.8, 4) is 11.3 Å². The number of nitrogens with one attached hydrogen (secondary N) is 3. The highest BCUT2D eigenvalue weighted by molar-refractivity contribution is 7.16. The number of fused-ring (bicyclic) bond motifs is 2. The zero-order chi connectivity index (χ0) is 31.2. The van der Waals surface area contributed by atoms with E-state index in [-0.39, 0.29) is 46.9 Å². The van der Waals surface area contributed by atoms with E-state index in [0.717, 1.165) is 53.1 Å². The van der Waals surface area contributed by atoms with Crippen LogP contribution in [0.4, 0.5) is 13.9 Å². The minimum absolute atomic E-state index is 0.0106. The van der Waals surface area contributed by atoms with Crippen molar-refractivity contribution in [3.63, 3.8) is 0 Å². The summed E-state index contributed by atoms with van der Waals surface area (Å²) in [7, 11) is 0. The predicted molar refractivity (Wildman–Crippen MR) is 171 cm³/mol. The lowest BCUT2D eigenvalue weighted by Crippen LogP contribution is -2.59. The van der Waals surface area contributed by atoms with E-state index < -0.39 is 11.6 Å². The number of nitrogens with zero attached hydrogens (tertiary/aromatic N) is 3. The fourth-order valence-corrected chi connectivity index (χ4v) is 7.40. The Morgan fingerprint density at radius 2 is 1.93 bits per heavy atom. The molecule has 2 aromatic carbocycles. The maximum absolute atomic E-state index is 14.4. The van der Waals surface area contributed by atoms with E-state index in [1.165, 1.54) is 17.4 Å². The molecular formula is C31H27Cl3F2N6O2S. The van der Waals surface area contributed by atoms with Crippen molar-refractivity contribution in [2.45, 2.75) is 50.5 Å². The van der Waals surface area contributed by atoms with Crippen LogP contribution in [0.2, 0.25) is 15.1 Å². The topological polar surface area (TPSA) is 95.3 Å². The third-order valence-electron chi connectivity index (χ3n) is 8.23. The summed E-state index contributed by atoms with van der Waals surface area (Å²) in [4.78, 5) is 21.8. The Hall–Kier alpha value is -3.06. The average Bonchev–Trinajstić information content (AvgIpc) is 3.57. The highest BCUT2D eigenvalue weighted by Gasteiger charge is 2.41. The second-order valence-electron chi connectivity index (χ2n) is 11.3. The van der Waals surface area contributed by atoms with Crippen LogP contribution in [0.25, 0.3) is 16.8 Å². The SMILES string of the molecule is O=C(C1=C(c2cnc(NCc3cc(-c4c(F)ccc(F)c4Cl)no3)s2)CC2CNC[C@H]1N2)N(Cc1cccc(Cl)c1Cl)C1CC1. The van der Waals surface area contributed by atoms with Gasteiger partial charge in [-0.05, 0) is 48.6 Å². The summed E-state index contributed by atoms with van der Waals surface area (Å²) in [5.41, 5.74) is 2.49. The summed E-state index contributed by atoms with van der Waals surface area (Å²) in [6, 6.07) is 9.16. The van der Waals surface area contributed by atoms with Gasteiger partial charge in [-0.3, -0.25) is 4.79 Å². The summed E-state index contributed by atoms with van der Waals surface area (Å²) in [5, 5.41) is 15.4. The largest absolute Gasteiger partial charge is 0.359 e. The zero-order valence-corrected chi connectivity index (χ0v) is 26.8. The molecule has 3 aliphatic rings. The van der Waals surface area contributed by atoms with Gasteiger partial charge in [-0.15, -0.1) is 0 Å². The van der Waals surface area contributed by atoms with Crippen LogP contribution in [0.3, 0.4) is 0 Å². The Morgan fingerprint density at radius 3 is 2.76 bits per heavy atom. The standard InChI is InChI=1S/C31H27Cl3F2N6O2S/c32-20-3-1-2-15(28(20)33)14-42(17-4-5-17)30(43)26-19(8-16-10-37-12-24(26)40-16)25-13-39-31(45-25)38-11-18-9-23(41-44-18)27-21(35)6-7-22(36)29(27)34/h1-3,6-7,9,13,16-17,24,37,40H,4-5,8,10-12,14H2,(H,38,39)/t16?,24-/m1/s1. The molecule has 1 unspecified atom stereocenters. The van der Waals surface area contributed by atoms with Gasteiger partial charge in [0.2, 0.25) is 0 Å². The number of hydrogen-bond donors (Lipinski definition) is 3. The van der Waals surface area contributed by atoms with E-state index in [1.807, 2.05) is 17.0 Å². The number of thiazole rings is 1. The van der Waals surface area contributed by atoms with Crippen molar-refractivity contribution in [1.29, 1.82) is 0 Å². The van der Waals surface area contributed by atoms with E-state index >= 15 is 0 Å². The number of benzene rings is 2. The van der Waals surface area contributed by atoms with Crippen LogP contribution in [0.15, 0.2) is 52.7 Å². The molecule has 3 N–H and O–H groups in total.